The van der Waals surface area contributed by atoms with Crippen molar-refractivity contribution in [1.82, 2.24) is 24.7 Å². The summed E-state index contributed by atoms with van der Waals surface area (Å²) in [7, 11) is 0. The number of fused-ring (bicyclic) bond motifs is 1. The zero-order valence-corrected chi connectivity index (χ0v) is 29.1. The number of aromatic nitrogens is 2. The lowest BCUT2D eigenvalue weighted by molar-refractivity contribution is -0.572. The maximum Gasteiger partial charge on any atom is 0.320 e. The number of pyridine rings is 2. The van der Waals surface area contributed by atoms with Crippen LogP contribution >= 0.6 is 45.9 Å². The first-order valence-corrected chi connectivity index (χ1v) is 17.6. The summed E-state index contributed by atoms with van der Waals surface area (Å²) in [5, 5.41) is 28.4. The van der Waals surface area contributed by atoms with Crippen molar-refractivity contribution in [2.45, 2.75) is 44.4 Å². The van der Waals surface area contributed by atoms with Gasteiger partial charge < -0.3 is 14.7 Å². The molecule has 48 heavy (non-hydrogen) atoms. The van der Waals surface area contributed by atoms with Gasteiger partial charge in [0.15, 0.2) is 17.6 Å². The average Bonchev–Trinajstić information content (AvgIpc) is 3.87. The molecule has 7 heterocycles. The molecule has 0 N–H and O–H groups in total. The van der Waals surface area contributed by atoms with Crippen LogP contribution < -0.4 is 0 Å². The Balaban J connectivity index is 1.49. The Hall–Kier alpha value is -4.11. The molecule has 3 aliphatic heterocycles. The molecule has 0 bridgehead atoms. The molecule has 4 aromatic rings. The molecule has 7 rings (SSSR count). The number of hydrogen-bond acceptors (Lipinski definition) is 12. The van der Waals surface area contributed by atoms with E-state index in [-0.39, 0.29) is 23.0 Å². The fourth-order valence-corrected chi connectivity index (χ4v) is 9.52. The zero-order valence-electron chi connectivity index (χ0n) is 26.0. The van der Waals surface area contributed by atoms with Crippen LogP contribution in [0.15, 0.2) is 77.4 Å². The van der Waals surface area contributed by atoms with E-state index in [9.17, 15) is 20.2 Å². The number of thiophene rings is 2. The SMILES string of the molecule is Cc1ccc([C@H]2C([N+](=O)[O-])=C3N(Cc4ccc(Cl)nc4)CCN3[C@H](c3ccc(C)s3)[C@@]2(C2=NCCN2Cc2ccc(Cl)nc2)[N+](=O)[O-])s1. The summed E-state index contributed by atoms with van der Waals surface area (Å²) < 4.78 is 0. The van der Waals surface area contributed by atoms with Crippen LogP contribution in [0, 0.1) is 34.1 Å². The Kier molecular flexibility index (Phi) is 8.60. The average molecular weight is 726 g/mol. The highest BCUT2D eigenvalue weighted by molar-refractivity contribution is 7.12. The smallest absolute Gasteiger partial charge is 0.320 e. The van der Waals surface area contributed by atoms with Gasteiger partial charge >= 0.3 is 11.2 Å². The maximum absolute atomic E-state index is 14.2. The van der Waals surface area contributed by atoms with Crippen LogP contribution in [0.25, 0.3) is 0 Å². The second kappa shape index (κ2) is 12.7. The number of halogens is 2. The lowest BCUT2D eigenvalue weighted by atomic mass is 9.70. The van der Waals surface area contributed by atoms with Crippen LogP contribution in [0.2, 0.25) is 10.3 Å². The van der Waals surface area contributed by atoms with Crippen molar-refractivity contribution in [2.75, 3.05) is 26.2 Å². The van der Waals surface area contributed by atoms with Gasteiger partial charge in [0.1, 0.15) is 16.3 Å². The van der Waals surface area contributed by atoms with E-state index in [0.29, 0.717) is 53.7 Å². The summed E-state index contributed by atoms with van der Waals surface area (Å²) in [5.41, 5.74) is -0.642. The number of nitro groups is 2. The van der Waals surface area contributed by atoms with Crippen molar-refractivity contribution in [3.8, 4) is 0 Å². The van der Waals surface area contributed by atoms with E-state index in [4.69, 9.17) is 28.2 Å². The fraction of sp³-hybridized carbons (Fsp3) is 0.344. The van der Waals surface area contributed by atoms with Gasteiger partial charge in [-0.15, -0.1) is 22.7 Å². The predicted octanol–water partition coefficient (Wildman–Crippen LogP) is 6.56. The molecule has 16 heteroatoms. The summed E-state index contributed by atoms with van der Waals surface area (Å²) in [6.07, 6.45) is 3.29. The molecule has 0 amide bonds. The molecule has 3 atom stereocenters. The third-order valence-corrected chi connectivity index (χ3v) is 11.6. The number of amidine groups is 1. The topological polar surface area (TPSA) is 134 Å². The Morgan fingerprint density at radius 3 is 1.96 bits per heavy atom. The standard InChI is InChI=1S/C32H30Cl2N8O4S2/c1-19-3-7-23(47-19)27-28(41(43)44)30-38(17-21-5-9-25(33)36-15-21)13-14-40(30)29(24-8-4-20(2)48-24)32(27,42(45)46)31-35-11-12-39(31)18-22-6-10-26(34)37-16-22/h3-10,15-16,27,29H,11-14,17-18H2,1-2H3/t27-,29+,32-/m0/s1. The summed E-state index contributed by atoms with van der Waals surface area (Å²) in [6, 6.07) is 13.7. The third-order valence-electron chi connectivity index (χ3n) is 9.04. The molecular formula is C32H30Cl2N8O4S2. The second-order valence-corrected chi connectivity index (χ2v) is 15.4. The number of rotatable bonds is 9. The maximum atomic E-state index is 14.2. The Labute approximate surface area is 294 Å². The number of aliphatic imine (C=N–C) groups is 1. The van der Waals surface area contributed by atoms with Gasteiger partial charge in [0, 0.05) is 69.5 Å². The molecule has 1 saturated heterocycles. The normalized spacial score (nSPS) is 22.3. The molecule has 0 spiro atoms. The van der Waals surface area contributed by atoms with E-state index in [1.807, 2.05) is 58.9 Å². The molecule has 0 radical (unpaired) electrons. The van der Waals surface area contributed by atoms with Crippen molar-refractivity contribution in [3.63, 3.8) is 0 Å². The highest BCUT2D eigenvalue weighted by Crippen LogP contribution is 2.58. The summed E-state index contributed by atoms with van der Waals surface area (Å²) in [6.45, 7) is 5.97. The second-order valence-electron chi connectivity index (χ2n) is 12.0. The van der Waals surface area contributed by atoms with Crippen LogP contribution in [0.5, 0.6) is 0 Å². The molecule has 0 unspecified atom stereocenters. The highest BCUT2D eigenvalue weighted by Gasteiger charge is 2.74. The van der Waals surface area contributed by atoms with Crippen molar-refractivity contribution < 1.29 is 9.85 Å². The largest absolute Gasteiger partial charge is 0.348 e. The quantitative estimate of drug-likeness (QED) is 0.107. The zero-order chi connectivity index (χ0) is 33.7. The molecule has 12 nitrogen and oxygen atoms in total. The molecule has 0 aromatic carbocycles. The van der Waals surface area contributed by atoms with E-state index in [2.05, 4.69) is 9.97 Å². The first-order valence-electron chi connectivity index (χ1n) is 15.3. The molecule has 4 aromatic heterocycles. The first kappa shape index (κ1) is 32.4. The van der Waals surface area contributed by atoms with Gasteiger partial charge in [0.2, 0.25) is 0 Å². The van der Waals surface area contributed by atoms with Crippen molar-refractivity contribution in [2.24, 2.45) is 4.99 Å². The van der Waals surface area contributed by atoms with Gasteiger partial charge in [0.05, 0.1) is 11.5 Å². The minimum absolute atomic E-state index is 0.208. The monoisotopic (exact) mass is 724 g/mol. The van der Waals surface area contributed by atoms with Crippen molar-refractivity contribution in [3.05, 3.63) is 134 Å². The van der Waals surface area contributed by atoms with E-state index >= 15 is 0 Å². The van der Waals surface area contributed by atoms with Crippen LogP contribution in [0.3, 0.4) is 0 Å². The molecule has 1 fully saturated rings. The Bertz CT molecular complexity index is 1950. The molecule has 0 saturated carbocycles. The van der Waals surface area contributed by atoms with Gasteiger partial charge in [-0.1, -0.05) is 35.3 Å². The van der Waals surface area contributed by atoms with Gasteiger partial charge in [-0.25, -0.2) is 9.97 Å². The lowest BCUT2D eigenvalue weighted by Gasteiger charge is -2.47. The molecule has 3 aliphatic rings. The fourth-order valence-electron chi connectivity index (χ4n) is 7.18. The summed E-state index contributed by atoms with van der Waals surface area (Å²) >= 11 is 14.9. The highest BCUT2D eigenvalue weighted by atomic mass is 35.5. The summed E-state index contributed by atoms with van der Waals surface area (Å²) in [5.74, 6) is -0.647. The van der Waals surface area contributed by atoms with E-state index in [1.54, 1.807) is 30.6 Å². The number of hydrogen-bond donors (Lipinski definition) is 0. The number of nitrogens with zero attached hydrogens (tertiary/aromatic N) is 8. The van der Waals surface area contributed by atoms with Gasteiger partial charge in [-0.3, -0.25) is 25.2 Å². The van der Waals surface area contributed by atoms with Crippen LogP contribution in [-0.4, -0.2) is 72.1 Å². The van der Waals surface area contributed by atoms with E-state index in [1.165, 1.54) is 22.7 Å². The minimum atomic E-state index is -2.05. The van der Waals surface area contributed by atoms with Gasteiger partial charge in [0.25, 0.3) is 0 Å². The van der Waals surface area contributed by atoms with E-state index < -0.39 is 22.4 Å². The van der Waals surface area contributed by atoms with E-state index in [0.717, 1.165) is 25.8 Å². The molecule has 0 aliphatic carbocycles. The number of aryl methyl sites for hydroxylation is 2. The lowest BCUT2D eigenvalue weighted by Crippen LogP contribution is -2.65. The minimum Gasteiger partial charge on any atom is -0.348 e. The predicted molar refractivity (Wildman–Crippen MR) is 186 cm³/mol. The summed E-state index contributed by atoms with van der Waals surface area (Å²) in [4.78, 5) is 49.2. The van der Waals surface area contributed by atoms with Crippen molar-refractivity contribution in [1.29, 1.82) is 0 Å². The van der Waals surface area contributed by atoms with Gasteiger partial charge in [-0.05, 0) is 61.4 Å². The Morgan fingerprint density at radius 2 is 1.44 bits per heavy atom. The van der Waals surface area contributed by atoms with Crippen LogP contribution in [-0.2, 0) is 13.1 Å². The van der Waals surface area contributed by atoms with Gasteiger partial charge in [-0.2, -0.15) is 0 Å². The van der Waals surface area contributed by atoms with Crippen molar-refractivity contribution >= 4 is 51.7 Å². The van der Waals surface area contributed by atoms with Crippen LogP contribution in [0.4, 0.5) is 0 Å². The first-order chi connectivity index (χ1) is 23.1. The third kappa shape index (κ3) is 5.50. The molecular weight excluding hydrogens is 695 g/mol. The molecule has 248 valence electrons. The Morgan fingerprint density at radius 1 is 0.833 bits per heavy atom. The van der Waals surface area contributed by atoms with Crippen LogP contribution in [0.1, 0.15) is 42.6 Å².